The van der Waals surface area contributed by atoms with Gasteiger partial charge in [-0.25, -0.2) is 0 Å². The molecule has 1 aliphatic rings. The van der Waals surface area contributed by atoms with Gasteiger partial charge in [0, 0.05) is 37.6 Å². The molecule has 3 aromatic rings. The van der Waals surface area contributed by atoms with Gasteiger partial charge in [-0.3, -0.25) is 9.59 Å². The van der Waals surface area contributed by atoms with Gasteiger partial charge < -0.3 is 14.6 Å². The number of carbonyl (C=O) groups excluding carboxylic acids is 2. The molecule has 34 heavy (non-hydrogen) atoms. The number of hydrogen-bond donors (Lipinski definition) is 1. The Morgan fingerprint density at radius 1 is 1.18 bits per heavy atom. The minimum atomic E-state index is -0.386. The molecule has 1 aliphatic heterocycles. The van der Waals surface area contributed by atoms with Crippen molar-refractivity contribution >= 4 is 45.8 Å². The number of benzene rings is 2. The average Bonchev–Trinajstić information content (AvgIpc) is 3.16. The Morgan fingerprint density at radius 2 is 1.88 bits per heavy atom. The maximum absolute atomic E-state index is 13.6. The topological polar surface area (TPSA) is 86.3 Å². The van der Waals surface area contributed by atoms with Crippen LogP contribution in [0.5, 0.6) is 0 Å². The molecule has 0 aliphatic carbocycles. The fourth-order valence-electron chi connectivity index (χ4n) is 4.72. The van der Waals surface area contributed by atoms with Crippen LogP contribution in [0.3, 0.4) is 0 Å². The first-order valence-electron chi connectivity index (χ1n) is 11.2. The van der Waals surface area contributed by atoms with E-state index in [9.17, 15) is 14.9 Å². The zero-order valence-corrected chi connectivity index (χ0v) is 20.6. The van der Waals surface area contributed by atoms with Gasteiger partial charge in [-0.05, 0) is 68.0 Å². The molecule has 1 N–H and O–H groups in total. The van der Waals surface area contributed by atoms with Crippen molar-refractivity contribution in [1.29, 1.82) is 5.26 Å². The number of aliphatic hydroxyl groups excluding tert-OH is 1. The molecule has 0 saturated carbocycles. The van der Waals surface area contributed by atoms with Gasteiger partial charge in [0.25, 0.3) is 5.91 Å². The molecule has 2 heterocycles. The van der Waals surface area contributed by atoms with Crippen molar-refractivity contribution in [2.45, 2.75) is 26.2 Å². The molecule has 1 fully saturated rings. The molecule has 0 spiro atoms. The lowest BCUT2D eigenvalue weighted by Gasteiger charge is -2.32. The van der Waals surface area contributed by atoms with Crippen molar-refractivity contribution in [3.05, 3.63) is 68.3 Å². The molecule has 4 rings (SSSR count). The number of halogens is 2. The monoisotopic (exact) mass is 497 g/mol. The molecule has 6 nitrogen and oxygen atoms in total. The van der Waals surface area contributed by atoms with Crippen LogP contribution in [0.25, 0.3) is 10.9 Å². The molecular weight excluding hydrogens is 473 g/mol. The minimum absolute atomic E-state index is 0.0414. The first-order chi connectivity index (χ1) is 16.3. The van der Waals surface area contributed by atoms with Gasteiger partial charge in [-0.15, -0.1) is 0 Å². The number of rotatable bonds is 5. The number of amides is 1. The van der Waals surface area contributed by atoms with Crippen molar-refractivity contribution in [3.8, 4) is 6.07 Å². The van der Waals surface area contributed by atoms with Crippen LogP contribution in [0.2, 0.25) is 10.0 Å². The Morgan fingerprint density at radius 3 is 2.53 bits per heavy atom. The lowest BCUT2D eigenvalue weighted by Crippen LogP contribution is -2.38. The fourth-order valence-corrected chi connectivity index (χ4v) is 5.35. The zero-order chi connectivity index (χ0) is 24.6. The van der Waals surface area contributed by atoms with E-state index < -0.39 is 0 Å². The summed E-state index contributed by atoms with van der Waals surface area (Å²) < 4.78 is 1.72. The summed E-state index contributed by atoms with van der Waals surface area (Å²) in [4.78, 5) is 28.6. The van der Waals surface area contributed by atoms with E-state index >= 15 is 0 Å². The van der Waals surface area contributed by atoms with Gasteiger partial charge in [-0.1, -0.05) is 23.2 Å². The number of likely N-dealkylation sites (tertiary alicyclic amines) is 1. The summed E-state index contributed by atoms with van der Waals surface area (Å²) in [6.45, 7) is 3.20. The molecule has 0 radical (unpaired) electrons. The van der Waals surface area contributed by atoms with Gasteiger partial charge in [0.2, 0.25) is 5.78 Å². The van der Waals surface area contributed by atoms with Crippen LogP contribution in [0.15, 0.2) is 30.3 Å². The number of ketones is 1. The number of piperidine rings is 1. The van der Waals surface area contributed by atoms with Crippen molar-refractivity contribution < 1.29 is 14.7 Å². The molecule has 0 atom stereocenters. The number of fused-ring (bicyclic) bond motifs is 1. The second kappa shape index (κ2) is 9.79. The molecular formula is C26H25Cl2N3O3. The van der Waals surface area contributed by atoms with E-state index in [-0.39, 0.29) is 39.5 Å². The highest BCUT2D eigenvalue weighted by atomic mass is 35.5. The maximum atomic E-state index is 13.6. The van der Waals surface area contributed by atoms with E-state index in [4.69, 9.17) is 28.3 Å². The molecule has 1 saturated heterocycles. The van der Waals surface area contributed by atoms with Crippen LogP contribution in [-0.4, -0.2) is 46.0 Å². The highest BCUT2D eigenvalue weighted by molar-refractivity contribution is 6.42. The van der Waals surface area contributed by atoms with E-state index in [1.807, 2.05) is 6.92 Å². The van der Waals surface area contributed by atoms with E-state index in [0.717, 1.165) is 35.7 Å². The summed E-state index contributed by atoms with van der Waals surface area (Å²) in [5.74, 6) is -0.212. The molecule has 1 amide bonds. The molecule has 8 heteroatoms. The predicted molar refractivity (Wildman–Crippen MR) is 133 cm³/mol. The van der Waals surface area contributed by atoms with Crippen LogP contribution in [0, 0.1) is 24.2 Å². The van der Waals surface area contributed by atoms with Crippen molar-refractivity contribution in [2.75, 3.05) is 19.7 Å². The van der Waals surface area contributed by atoms with E-state index in [1.165, 1.54) is 6.07 Å². The molecule has 0 unspecified atom stereocenters. The van der Waals surface area contributed by atoms with Crippen LogP contribution < -0.4 is 0 Å². The lowest BCUT2D eigenvalue weighted by molar-refractivity contribution is 0.0678. The first-order valence-corrected chi connectivity index (χ1v) is 11.9. The average molecular weight is 498 g/mol. The summed E-state index contributed by atoms with van der Waals surface area (Å²) in [5, 5.41) is 19.5. The smallest absolute Gasteiger partial charge is 0.255 e. The number of aryl methyl sites for hydroxylation is 2. The van der Waals surface area contributed by atoms with Crippen LogP contribution in [0.4, 0.5) is 0 Å². The normalized spacial score (nSPS) is 14.4. The third-order valence-corrected chi connectivity index (χ3v) is 7.43. The number of nitriles is 1. The molecule has 176 valence electrons. The number of nitrogens with zero attached hydrogens (tertiary/aromatic N) is 3. The summed E-state index contributed by atoms with van der Waals surface area (Å²) >= 11 is 13.1. The van der Waals surface area contributed by atoms with Gasteiger partial charge in [-0.2, -0.15) is 5.26 Å². The number of aliphatic hydroxyl groups is 1. The first kappa shape index (κ1) is 24.3. The maximum Gasteiger partial charge on any atom is 0.255 e. The number of carbonyl (C=O) groups is 2. The number of hydrogen-bond acceptors (Lipinski definition) is 4. The summed E-state index contributed by atoms with van der Waals surface area (Å²) in [6, 6.07) is 10.5. The van der Waals surface area contributed by atoms with E-state index in [2.05, 4.69) is 6.07 Å². The van der Waals surface area contributed by atoms with Crippen molar-refractivity contribution in [2.24, 2.45) is 13.0 Å². The molecule has 0 bridgehead atoms. The number of aromatic nitrogens is 1. The third kappa shape index (κ3) is 4.32. The fraction of sp³-hybridized carbons (Fsp3) is 0.346. The summed E-state index contributed by atoms with van der Waals surface area (Å²) in [6.07, 6.45) is 2.38. The predicted octanol–water partition coefficient (Wildman–Crippen LogP) is 5.13. The highest BCUT2D eigenvalue weighted by Crippen LogP contribution is 2.34. The van der Waals surface area contributed by atoms with E-state index in [0.29, 0.717) is 30.3 Å². The second-order valence-corrected chi connectivity index (χ2v) is 9.57. The SMILES string of the molecule is Cc1cc(C#N)cc2c1cc(C(=O)c1c(Cl)ccc(C(=O)N3CCC(CCO)CC3)c1Cl)n2C. The minimum Gasteiger partial charge on any atom is -0.396 e. The second-order valence-electron chi connectivity index (χ2n) is 8.79. The Hall–Kier alpha value is -2.85. The largest absolute Gasteiger partial charge is 0.396 e. The molecule has 2 aromatic carbocycles. The quantitative estimate of drug-likeness (QED) is 0.494. The van der Waals surface area contributed by atoms with Gasteiger partial charge in [0.1, 0.15) is 0 Å². The van der Waals surface area contributed by atoms with Crippen LogP contribution >= 0.6 is 23.2 Å². The Bertz CT molecular complexity index is 1330. The molecule has 1 aromatic heterocycles. The van der Waals surface area contributed by atoms with E-state index in [1.54, 1.807) is 40.8 Å². The third-order valence-electron chi connectivity index (χ3n) is 6.72. The Balaban J connectivity index is 1.70. The van der Waals surface area contributed by atoms with Crippen molar-refractivity contribution in [3.63, 3.8) is 0 Å². The van der Waals surface area contributed by atoms with Gasteiger partial charge >= 0.3 is 0 Å². The summed E-state index contributed by atoms with van der Waals surface area (Å²) in [5.41, 5.74) is 2.85. The Kier molecular flexibility index (Phi) is 6.99. The van der Waals surface area contributed by atoms with Crippen LogP contribution in [-0.2, 0) is 7.05 Å². The van der Waals surface area contributed by atoms with Crippen LogP contribution in [0.1, 0.15) is 56.8 Å². The Labute approximate surface area is 208 Å². The summed E-state index contributed by atoms with van der Waals surface area (Å²) in [7, 11) is 1.75. The van der Waals surface area contributed by atoms with Gasteiger partial charge in [0.05, 0.1) is 38.5 Å². The lowest BCUT2D eigenvalue weighted by atomic mass is 9.93. The zero-order valence-electron chi connectivity index (χ0n) is 19.1. The van der Waals surface area contributed by atoms with Gasteiger partial charge in [0.15, 0.2) is 0 Å². The highest BCUT2D eigenvalue weighted by Gasteiger charge is 2.29. The standard InChI is InChI=1S/C26H25Cl2N3O3/c1-15-11-17(14-29)12-21-19(15)13-22(30(21)2)25(33)23-20(27)4-3-18(24(23)28)26(34)31-8-5-16(6-9-31)7-10-32/h3-4,11-13,16,32H,5-10H2,1-2H3. The van der Waals surface area contributed by atoms with Crippen molar-refractivity contribution in [1.82, 2.24) is 9.47 Å².